The van der Waals surface area contributed by atoms with E-state index in [1.165, 1.54) is 18.4 Å². The minimum absolute atomic E-state index is 0.00316. The van der Waals surface area contributed by atoms with Gasteiger partial charge < -0.3 is 19.1 Å². The molecule has 0 aromatic carbocycles. The summed E-state index contributed by atoms with van der Waals surface area (Å²) in [4.78, 5) is 41.5. The van der Waals surface area contributed by atoms with Crippen LogP contribution in [-0.4, -0.2) is 69.1 Å². The van der Waals surface area contributed by atoms with Gasteiger partial charge >= 0.3 is 5.97 Å². The van der Waals surface area contributed by atoms with Gasteiger partial charge in [0.05, 0.1) is 18.9 Å². The van der Waals surface area contributed by atoms with E-state index in [2.05, 4.69) is 19.9 Å². The SMILES string of the molecule is COC(=O)c1ncsc1N1CCN(C(=O)Cn2cnc3cccnc32)[C@H](C)C1. The van der Waals surface area contributed by atoms with E-state index in [1.807, 2.05) is 24.0 Å². The molecule has 0 unspecified atom stereocenters. The van der Waals surface area contributed by atoms with Crippen molar-refractivity contribution in [3.8, 4) is 0 Å². The van der Waals surface area contributed by atoms with E-state index < -0.39 is 5.97 Å². The van der Waals surface area contributed by atoms with E-state index in [-0.39, 0.29) is 18.5 Å². The molecule has 1 aliphatic heterocycles. The lowest BCUT2D eigenvalue weighted by molar-refractivity contribution is -0.134. The number of rotatable bonds is 4. The number of aromatic nitrogens is 4. The normalized spacial score (nSPS) is 17.1. The molecule has 4 rings (SSSR count). The highest BCUT2D eigenvalue weighted by atomic mass is 32.1. The van der Waals surface area contributed by atoms with Gasteiger partial charge in [-0.1, -0.05) is 0 Å². The van der Waals surface area contributed by atoms with Crippen LogP contribution in [0.15, 0.2) is 30.2 Å². The second-order valence-corrected chi connectivity index (χ2v) is 7.43. The van der Waals surface area contributed by atoms with Crippen molar-refractivity contribution in [2.45, 2.75) is 19.5 Å². The second kappa shape index (κ2) is 7.55. The molecule has 0 bridgehead atoms. The Hall–Kier alpha value is -3.01. The summed E-state index contributed by atoms with van der Waals surface area (Å²) in [6.45, 7) is 4.03. The van der Waals surface area contributed by atoms with Gasteiger partial charge in [-0.15, -0.1) is 11.3 Å². The molecule has 0 saturated carbocycles. The van der Waals surface area contributed by atoms with Crippen molar-refractivity contribution in [2.24, 2.45) is 0 Å². The summed E-state index contributed by atoms with van der Waals surface area (Å²) in [6.07, 6.45) is 3.34. The van der Waals surface area contributed by atoms with Gasteiger partial charge in [-0.2, -0.15) is 0 Å². The van der Waals surface area contributed by atoms with Crippen LogP contribution in [0.3, 0.4) is 0 Å². The van der Waals surface area contributed by atoms with Crippen molar-refractivity contribution in [1.29, 1.82) is 0 Å². The monoisotopic (exact) mass is 400 g/mol. The van der Waals surface area contributed by atoms with Gasteiger partial charge in [-0.3, -0.25) is 4.79 Å². The molecule has 0 radical (unpaired) electrons. The van der Waals surface area contributed by atoms with Crippen molar-refractivity contribution in [3.05, 3.63) is 35.9 Å². The maximum Gasteiger partial charge on any atom is 0.359 e. The van der Waals surface area contributed by atoms with Gasteiger partial charge in [0.25, 0.3) is 0 Å². The Morgan fingerprint density at radius 1 is 1.29 bits per heavy atom. The number of carbonyl (C=O) groups excluding carboxylic acids is 2. The maximum atomic E-state index is 12.9. The number of hydrogen-bond donors (Lipinski definition) is 0. The number of nitrogens with zero attached hydrogens (tertiary/aromatic N) is 6. The molecule has 1 fully saturated rings. The minimum Gasteiger partial charge on any atom is -0.464 e. The molecular weight excluding hydrogens is 380 g/mol. The van der Waals surface area contributed by atoms with Gasteiger partial charge in [0.2, 0.25) is 5.91 Å². The predicted molar refractivity (Wildman–Crippen MR) is 104 cm³/mol. The number of fused-ring (bicyclic) bond motifs is 1. The molecule has 10 heteroatoms. The fourth-order valence-corrected chi connectivity index (χ4v) is 4.28. The zero-order valence-corrected chi connectivity index (χ0v) is 16.4. The Labute approximate surface area is 165 Å². The van der Waals surface area contributed by atoms with Crippen LogP contribution in [0.1, 0.15) is 17.4 Å². The van der Waals surface area contributed by atoms with Crippen LogP contribution in [-0.2, 0) is 16.1 Å². The van der Waals surface area contributed by atoms with E-state index in [4.69, 9.17) is 4.74 Å². The molecule has 3 aromatic heterocycles. The third-order valence-electron chi connectivity index (χ3n) is 4.84. The second-order valence-electron chi connectivity index (χ2n) is 6.60. The molecule has 28 heavy (non-hydrogen) atoms. The lowest BCUT2D eigenvalue weighted by atomic mass is 10.2. The lowest BCUT2D eigenvalue weighted by Gasteiger charge is -2.40. The van der Waals surface area contributed by atoms with Crippen molar-refractivity contribution >= 4 is 39.4 Å². The average Bonchev–Trinajstić information content (AvgIpc) is 3.35. The average molecular weight is 400 g/mol. The molecule has 146 valence electrons. The fraction of sp³-hybridized carbons (Fsp3) is 0.389. The summed E-state index contributed by atoms with van der Waals surface area (Å²) in [7, 11) is 1.35. The first-order valence-corrected chi connectivity index (χ1v) is 9.78. The van der Waals surface area contributed by atoms with Gasteiger partial charge in [0, 0.05) is 31.9 Å². The van der Waals surface area contributed by atoms with Crippen molar-refractivity contribution in [2.75, 3.05) is 31.6 Å². The summed E-state index contributed by atoms with van der Waals surface area (Å²) in [5.74, 6) is -0.420. The number of hydrogen-bond acceptors (Lipinski definition) is 8. The van der Waals surface area contributed by atoms with Gasteiger partial charge in [0.15, 0.2) is 11.3 Å². The Morgan fingerprint density at radius 2 is 2.14 bits per heavy atom. The zero-order valence-electron chi connectivity index (χ0n) is 15.6. The van der Waals surface area contributed by atoms with Crippen LogP contribution >= 0.6 is 11.3 Å². The Balaban J connectivity index is 1.45. The van der Waals surface area contributed by atoms with Crippen molar-refractivity contribution in [1.82, 2.24) is 24.4 Å². The largest absolute Gasteiger partial charge is 0.464 e. The van der Waals surface area contributed by atoms with E-state index >= 15 is 0 Å². The summed E-state index contributed by atoms with van der Waals surface area (Å²) in [5, 5.41) is 0.788. The van der Waals surface area contributed by atoms with E-state index in [0.29, 0.717) is 31.0 Å². The van der Waals surface area contributed by atoms with Crippen LogP contribution in [0.25, 0.3) is 11.2 Å². The molecule has 1 saturated heterocycles. The van der Waals surface area contributed by atoms with E-state index in [9.17, 15) is 9.59 Å². The molecule has 9 nitrogen and oxygen atoms in total. The zero-order chi connectivity index (χ0) is 19.7. The summed E-state index contributed by atoms with van der Waals surface area (Å²) < 4.78 is 6.58. The fourth-order valence-electron chi connectivity index (χ4n) is 3.46. The molecular formula is C18H20N6O3S. The smallest absolute Gasteiger partial charge is 0.359 e. The van der Waals surface area contributed by atoms with Gasteiger partial charge in [0.1, 0.15) is 17.1 Å². The van der Waals surface area contributed by atoms with Crippen molar-refractivity contribution < 1.29 is 14.3 Å². The van der Waals surface area contributed by atoms with E-state index in [0.717, 1.165) is 10.5 Å². The highest BCUT2D eigenvalue weighted by Crippen LogP contribution is 2.28. The number of anilines is 1. The Kier molecular flexibility index (Phi) is 4.95. The highest BCUT2D eigenvalue weighted by molar-refractivity contribution is 7.14. The Bertz CT molecular complexity index is 1020. The molecule has 0 spiro atoms. The maximum absolute atomic E-state index is 12.9. The Morgan fingerprint density at radius 3 is 2.93 bits per heavy atom. The first kappa shape index (κ1) is 18.4. The number of piperazine rings is 1. The number of esters is 1. The van der Waals surface area contributed by atoms with Gasteiger partial charge in [-0.05, 0) is 19.1 Å². The highest BCUT2D eigenvalue weighted by Gasteiger charge is 2.30. The standard InChI is InChI=1S/C18H20N6O3S/c1-12-8-22(17-15(18(26)27-2)21-11-28-17)6-7-24(12)14(25)9-23-10-20-13-4-3-5-19-16(13)23/h3-5,10-12H,6-9H2,1-2H3/t12-/m1/s1. The first-order chi connectivity index (χ1) is 13.6. The third-order valence-corrected chi connectivity index (χ3v) is 5.73. The summed E-state index contributed by atoms with van der Waals surface area (Å²) in [5.41, 5.74) is 3.44. The van der Waals surface area contributed by atoms with Crippen LogP contribution in [0.5, 0.6) is 0 Å². The predicted octanol–water partition coefficient (Wildman–Crippen LogP) is 1.41. The number of ether oxygens (including phenoxy) is 1. The number of pyridine rings is 1. The van der Waals surface area contributed by atoms with Gasteiger partial charge in [-0.25, -0.2) is 19.7 Å². The quantitative estimate of drug-likeness (QED) is 0.611. The summed E-state index contributed by atoms with van der Waals surface area (Å²) >= 11 is 1.41. The number of thiazole rings is 1. The summed E-state index contributed by atoms with van der Waals surface area (Å²) in [6, 6.07) is 3.69. The number of methoxy groups -OCH3 is 1. The molecule has 3 aromatic rings. The topological polar surface area (TPSA) is 93.5 Å². The number of amides is 1. The number of carbonyl (C=O) groups is 2. The van der Waals surface area contributed by atoms with E-state index in [1.54, 1.807) is 22.6 Å². The molecule has 1 amide bonds. The van der Waals surface area contributed by atoms with Crippen LogP contribution in [0, 0.1) is 0 Å². The number of imidazole rings is 1. The first-order valence-electron chi connectivity index (χ1n) is 8.90. The third kappa shape index (κ3) is 3.31. The van der Waals surface area contributed by atoms with Crippen LogP contribution < -0.4 is 4.90 Å². The lowest BCUT2D eigenvalue weighted by Crippen LogP contribution is -2.54. The minimum atomic E-state index is -0.443. The molecule has 0 aliphatic carbocycles. The van der Waals surface area contributed by atoms with Crippen molar-refractivity contribution in [3.63, 3.8) is 0 Å². The van der Waals surface area contributed by atoms with Crippen LogP contribution in [0.2, 0.25) is 0 Å². The van der Waals surface area contributed by atoms with Crippen LogP contribution in [0.4, 0.5) is 5.00 Å². The molecule has 0 N–H and O–H groups in total. The molecule has 4 heterocycles. The molecule has 1 aliphatic rings. The molecule has 1 atom stereocenters.